The van der Waals surface area contributed by atoms with Crippen molar-refractivity contribution < 1.29 is 0 Å². The van der Waals surface area contributed by atoms with E-state index in [2.05, 4.69) is 39.9 Å². The highest BCUT2D eigenvalue weighted by atomic mass is 14.9. The summed E-state index contributed by atoms with van der Waals surface area (Å²) in [5.41, 5.74) is 0. The van der Waals surface area contributed by atoms with Gasteiger partial charge in [-0.2, -0.15) is 0 Å². The Morgan fingerprint density at radius 2 is 1.50 bits per heavy atom. The van der Waals surface area contributed by atoms with Crippen LogP contribution >= 0.6 is 0 Å². The van der Waals surface area contributed by atoms with Gasteiger partial charge in [-0.25, -0.2) is 0 Å². The van der Waals surface area contributed by atoms with Crippen LogP contribution in [-0.4, -0.2) is 12.6 Å². The SMILES string of the molecule is CC(C)C(C)CNC1CCC(C(C)C)CC1. The summed E-state index contributed by atoms with van der Waals surface area (Å²) in [6.45, 7) is 13.0. The van der Waals surface area contributed by atoms with Gasteiger partial charge in [0.25, 0.3) is 0 Å². The second-order valence-electron chi connectivity index (χ2n) is 6.49. The maximum Gasteiger partial charge on any atom is 0.00673 e. The third kappa shape index (κ3) is 4.45. The Balaban J connectivity index is 2.17. The molecule has 0 bridgehead atoms. The molecule has 0 saturated heterocycles. The number of hydrogen-bond acceptors (Lipinski definition) is 1. The average molecular weight is 225 g/mol. The molecule has 1 fully saturated rings. The summed E-state index contributed by atoms with van der Waals surface area (Å²) in [6, 6.07) is 0.802. The summed E-state index contributed by atoms with van der Waals surface area (Å²) < 4.78 is 0. The lowest BCUT2D eigenvalue weighted by Gasteiger charge is -2.32. The van der Waals surface area contributed by atoms with Gasteiger partial charge < -0.3 is 5.32 Å². The standard InChI is InChI=1S/C15H31N/c1-11(2)13(5)10-16-15-8-6-14(7-9-15)12(3)4/h11-16H,6-10H2,1-5H3. The Kier molecular flexibility index (Phi) is 5.82. The Morgan fingerprint density at radius 3 is 1.94 bits per heavy atom. The molecule has 0 aliphatic heterocycles. The predicted molar refractivity (Wildman–Crippen MR) is 72.6 cm³/mol. The minimum atomic E-state index is 0.802. The Hall–Kier alpha value is -0.0400. The van der Waals surface area contributed by atoms with Crippen LogP contribution in [0.4, 0.5) is 0 Å². The lowest BCUT2D eigenvalue weighted by atomic mass is 9.79. The van der Waals surface area contributed by atoms with Gasteiger partial charge in [0.2, 0.25) is 0 Å². The summed E-state index contributed by atoms with van der Waals surface area (Å²) in [5.74, 6) is 3.48. The molecule has 16 heavy (non-hydrogen) atoms. The second kappa shape index (κ2) is 6.64. The van der Waals surface area contributed by atoms with E-state index < -0.39 is 0 Å². The van der Waals surface area contributed by atoms with E-state index in [0.29, 0.717) is 0 Å². The van der Waals surface area contributed by atoms with Gasteiger partial charge in [0, 0.05) is 6.04 Å². The predicted octanol–water partition coefficient (Wildman–Crippen LogP) is 4.08. The van der Waals surface area contributed by atoms with E-state index in [0.717, 1.165) is 29.7 Å². The minimum absolute atomic E-state index is 0.802. The van der Waals surface area contributed by atoms with E-state index in [9.17, 15) is 0 Å². The van der Waals surface area contributed by atoms with Crippen LogP contribution in [0.3, 0.4) is 0 Å². The van der Waals surface area contributed by atoms with Gasteiger partial charge in [0.1, 0.15) is 0 Å². The molecule has 1 N–H and O–H groups in total. The van der Waals surface area contributed by atoms with Crippen LogP contribution in [0.1, 0.15) is 60.3 Å². The molecule has 0 amide bonds. The molecule has 1 heteroatoms. The van der Waals surface area contributed by atoms with E-state index in [1.54, 1.807) is 0 Å². The first-order chi connectivity index (χ1) is 7.50. The topological polar surface area (TPSA) is 12.0 Å². The first kappa shape index (κ1) is 14.0. The third-order valence-corrected chi connectivity index (χ3v) is 4.58. The van der Waals surface area contributed by atoms with Crippen LogP contribution in [0.15, 0.2) is 0 Å². The lowest BCUT2D eigenvalue weighted by Crippen LogP contribution is -2.37. The van der Waals surface area contributed by atoms with Gasteiger partial charge in [0.05, 0.1) is 0 Å². The first-order valence-electron chi connectivity index (χ1n) is 7.24. The Bertz CT molecular complexity index is 178. The molecule has 1 rings (SSSR count). The number of rotatable bonds is 5. The van der Waals surface area contributed by atoms with Crippen molar-refractivity contribution in [3.63, 3.8) is 0 Å². The van der Waals surface area contributed by atoms with E-state index in [-0.39, 0.29) is 0 Å². The summed E-state index contributed by atoms with van der Waals surface area (Å²) in [4.78, 5) is 0. The molecule has 0 spiro atoms. The quantitative estimate of drug-likeness (QED) is 0.743. The van der Waals surface area contributed by atoms with Crippen molar-refractivity contribution >= 4 is 0 Å². The molecule has 1 aliphatic rings. The van der Waals surface area contributed by atoms with E-state index >= 15 is 0 Å². The smallest absolute Gasteiger partial charge is 0.00673 e. The summed E-state index contributed by atoms with van der Waals surface area (Å²) in [7, 11) is 0. The molecule has 96 valence electrons. The van der Waals surface area contributed by atoms with E-state index in [1.165, 1.54) is 32.2 Å². The van der Waals surface area contributed by atoms with Crippen LogP contribution in [0.2, 0.25) is 0 Å². The number of hydrogen-bond donors (Lipinski definition) is 1. The highest BCUT2D eigenvalue weighted by molar-refractivity contribution is 4.79. The van der Waals surface area contributed by atoms with Crippen molar-refractivity contribution in [3.8, 4) is 0 Å². The molecular formula is C15H31N. The third-order valence-electron chi connectivity index (χ3n) is 4.58. The maximum absolute atomic E-state index is 3.76. The molecule has 0 radical (unpaired) electrons. The first-order valence-corrected chi connectivity index (χ1v) is 7.24. The van der Waals surface area contributed by atoms with Gasteiger partial charge >= 0.3 is 0 Å². The molecule has 1 nitrogen and oxygen atoms in total. The maximum atomic E-state index is 3.76. The fourth-order valence-electron chi connectivity index (χ4n) is 2.58. The van der Waals surface area contributed by atoms with Crippen molar-refractivity contribution in [2.75, 3.05) is 6.54 Å². The van der Waals surface area contributed by atoms with Gasteiger partial charge in [0.15, 0.2) is 0 Å². The molecule has 0 aromatic carbocycles. The minimum Gasteiger partial charge on any atom is -0.314 e. The van der Waals surface area contributed by atoms with Gasteiger partial charge in [-0.05, 0) is 55.9 Å². The molecule has 0 aromatic heterocycles. The summed E-state index contributed by atoms with van der Waals surface area (Å²) in [5, 5.41) is 3.76. The molecule has 0 aromatic rings. The molecule has 1 saturated carbocycles. The van der Waals surface area contributed by atoms with Crippen LogP contribution in [0.25, 0.3) is 0 Å². The number of nitrogens with one attached hydrogen (secondary N) is 1. The van der Waals surface area contributed by atoms with Crippen LogP contribution in [0, 0.1) is 23.7 Å². The molecule has 1 atom stereocenters. The van der Waals surface area contributed by atoms with Crippen molar-refractivity contribution in [3.05, 3.63) is 0 Å². The van der Waals surface area contributed by atoms with Crippen LogP contribution in [0.5, 0.6) is 0 Å². The molecule has 0 heterocycles. The normalized spacial score (nSPS) is 28.7. The van der Waals surface area contributed by atoms with Crippen molar-refractivity contribution in [1.29, 1.82) is 0 Å². The van der Waals surface area contributed by atoms with E-state index in [1.807, 2.05) is 0 Å². The van der Waals surface area contributed by atoms with Crippen molar-refractivity contribution in [1.82, 2.24) is 5.32 Å². The van der Waals surface area contributed by atoms with Gasteiger partial charge in [-0.15, -0.1) is 0 Å². The van der Waals surface area contributed by atoms with Crippen LogP contribution in [-0.2, 0) is 0 Å². The van der Waals surface area contributed by atoms with E-state index in [4.69, 9.17) is 0 Å². The monoisotopic (exact) mass is 225 g/mol. The Labute approximate surface area is 102 Å². The summed E-state index contributed by atoms with van der Waals surface area (Å²) in [6.07, 6.45) is 5.66. The second-order valence-corrected chi connectivity index (χ2v) is 6.49. The zero-order valence-electron chi connectivity index (χ0n) is 11.9. The molecule has 1 aliphatic carbocycles. The molecule has 1 unspecified atom stereocenters. The fourth-order valence-corrected chi connectivity index (χ4v) is 2.58. The van der Waals surface area contributed by atoms with Crippen molar-refractivity contribution in [2.45, 2.75) is 66.3 Å². The van der Waals surface area contributed by atoms with Crippen LogP contribution < -0.4 is 5.32 Å². The Morgan fingerprint density at radius 1 is 0.938 bits per heavy atom. The highest BCUT2D eigenvalue weighted by Crippen LogP contribution is 2.29. The lowest BCUT2D eigenvalue weighted by molar-refractivity contribution is 0.230. The zero-order valence-corrected chi connectivity index (χ0v) is 11.9. The van der Waals surface area contributed by atoms with Gasteiger partial charge in [-0.3, -0.25) is 0 Å². The summed E-state index contributed by atoms with van der Waals surface area (Å²) >= 11 is 0. The largest absolute Gasteiger partial charge is 0.314 e. The fraction of sp³-hybridized carbons (Fsp3) is 1.00. The highest BCUT2D eigenvalue weighted by Gasteiger charge is 2.23. The average Bonchev–Trinajstić information content (AvgIpc) is 2.26. The van der Waals surface area contributed by atoms with Crippen molar-refractivity contribution in [2.24, 2.45) is 23.7 Å². The zero-order chi connectivity index (χ0) is 12.1. The molecular weight excluding hydrogens is 194 g/mol. The van der Waals surface area contributed by atoms with Gasteiger partial charge in [-0.1, -0.05) is 34.6 Å².